The largest absolute Gasteiger partial charge is 0.385 e. The first-order valence-corrected chi connectivity index (χ1v) is 6.64. The lowest BCUT2D eigenvalue weighted by Gasteiger charge is -2.09. The molecule has 0 fully saturated rings. The first kappa shape index (κ1) is 13.4. The molecule has 0 aliphatic heterocycles. The van der Waals surface area contributed by atoms with Gasteiger partial charge in [0.25, 0.3) is 0 Å². The molecule has 0 aromatic carbocycles. The monoisotopic (exact) mass is 258 g/mol. The van der Waals surface area contributed by atoms with Crippen molar-refractivity contribution >= 4 is 28.7 Å². The molecular formula is C11H18N2OS2. The third-order valence-electron chi connectivity index (χ3n) is 2.05. The zero-order valence-electron chi connectivity index (χ0n) is 9.49. The summed E-state index contributed by atoms with van der Waals surface area (Å²) in [4.78, 5) is 1.38. The van der Waals surface area contributed by atoms with Crippen molar-refractivity contribution in [2.24, 2.45) is 0 Å². The quantitative estimate of drug-likeness (QED) is 0.577. The molecule has 0 bridgehead atoms. The van der Waals surface area contributed by atoms with Crippen molar-refractivity contribution in [3.63, 3.8) is 0 Å². The Labute approximate surface area is 106 Å². The Bertz CT molecular complexity index is 288. The maximum atomic E-state index is 5.14. The van der Waals surface area contributed by atoms with Gasteiger partial charge < -0.3 is 15.4 Å². The second kappa shape index (κ2) is 8.50. The Balaban J connectivity index is 1.98. The molecule has 1 aromatic rings. The number of nitrogens with one attached hydrogen (secondary N) is 2. The average molecular weight is 258 g/mol. The molecule has 0 saturated heterocycles. The van der Waals surface area contributed by atoms with E-state index < -0.39 is 0 Å². The molecule has 0 aliphatic rings. The van der Waals surface area contributed by atoms with E-state index in [1.807, 2.05) is 0 Å². The standard InChI is InChI=1S/C11H18N2OS2/c1-14-8-3-6-12-11(15)13-7-5-10-4-2-9-16-10/h2,4,9H,3,5-8H2,1H3,(H2,12,13,15). The van der Waals surface area contributed by atoms with Crippen LogP contribution in [0.3, 0.4) is 0 Å². The van der Waals surface area contributed by atoms with E-state index in [2.05, 4.69) is 28.1 Å². The first-order chi connectivity index (χ1) is 7.83. The Hall–Kier alpha value is -0.650. The van der Waals surface area contributed by atoms with Crippen LogP contribution in [0.5, 0.6) is 0 Å². The first-order valence-electron chi connectivity index (χ1n) is 5.36. The normalized spacial score (nSPS) is 10.1. The molecule has 0 atom stereocenters. The second-order valence-electron chi connectivity index (χ2n) is 3.36. The van der Waals surface area contributed by atoms with Crippen molar-refractivity contribution in [3.05, 3.63) is 22.4 Å². The summed E-state index contributed by atoms with van der Waals surface area (Å²) in [7, 11) is 1.71. The number of methoxy groups -OCH3 is 1. The van der Waals surface area contributed by atoms with Crippen LogP contribution in [0, 0.1) is 0 Å². The molecule has 1 rings (SSSR count). The fourth-order valence-corrected chi connectivity index (χ4v) is 2.15. The molecule has 0 amide bonds. The minimum atomic E-state index is 0.729. The molecule has 2 N–H and O–H groups in total. The van der Waals surface area contributed by atoms with E-state index in [-0.39, 0.29) is 0 Å². The van der Waals surface area contributed by atoms with Crippen molar-refractivity contribution in [2.45, 2.75) is 12.8 Å². The number of hydrogen-bond acceptors (Lipinski definition) is 3. The maximum absolute atomic E-state index is 5.14. The summed E-state index contributed by atoms with van der Waals surface area (Å²) >= 11 is 6.92. The number of thiocarbonyl (C=S) groups is 1. The van der Waals surface area contributed by atoms with Crippen LogP contribution in [0.4, 0.5) is 0 Å². The van der Waals surface area contributed by atoms with Crippen LogP contribution in [0.1, 0.15) is 11.3 Å². The van der Waals surface area contributed by atoms with Crippen molar-refractivity contribution in [1.29, 1.82) is 0 Å². The highest BCUT2D eigenvalue weighted by Gasteiger charge is 1.96. The molecule has 0 saturated carbocycles. The smallest absolute Gasteiger partial charge is 0.166 e. The third kappa shape index (κ3) is 6.05. The molecule has 5 heteroatoms. The van der Waals surface area contributed by atoms with E-state index in [1.54, 1.807) is 18.4 Å². The van der Waals surface area contributed by atoms with E-state index in [9.17, 15) is 0 Å². The van der Waals surface area contributed by atoms with Gasteiger partial charge in [-0.25, -0.2) is 0 Å². The predicted octanol–water partition coefficient (Wildman–Crippen LogP) is 1.79. The highest BCUT2D eigenvalue weighted by molar-refractivity contribution is 7.80. The lowest BCUT2D eigenvalue weighted by Crippen LogP contribution is -2.37. The molecular weight excluding hydrogens is 240 g/mol. The third-order valence-corrected chi connectivity index (χ3v) is 3.27. The van der Waals surface area contributed by atoms with Gasteiger partial charge in [0.05, 0.1) is 0 Å². The molecule has 1 aromatic heterocycles. The van der Waals surface area contributed by atoms with Gasteiger partial charge in [0.2, 0.25) is 0 Å². The van der Waals surface area contributed by atoms with Gasteiger partial charge in [-0.05, 0) is 36.5 Å². The summed E-state index contributed by atoms with van der Waals surface area (Å²) in [6.45, 7) is 2.51. The minimum Gasteiger partial charge on any atom is -0.385 e. The molecule has 0 unspecified atom stereocenters. The van der Waals surface area contributed by atoms with Gasteiger partial charge in [0, 0.05) is 31.7 Å². The SMILES string of the molecule is COCCCNC(=S)NCCc1cccs1. The van der Waals surface area contributed by atoms with E-state index in [0.29, 0.717) is 0 Å². The molecule has 1 heterocycles. The van der Waals surface area contributed by atoms with Crippen LogP contribution < -0.4 is 10.6 Å². The minimum absolute atomic E-state index is 0.729. The Kier molecular flexibility index (Phi) is 7.12. The van der Waals surface area contributed by atoms with Crippen molar-refractivity contribution in [2.75, 3.05) is 26.8 Å². The average Bonchev–Trinajstić information content (AvgIpc) is 2.77. The van der Waals surface area contributed by atoms with Gasteiger partial charge in [-0.3, -0.25) is 0 Å². The summed E-state index contributed by atoms with van der Waals surface area (Å²) < 4.78 is 4.95. The van der Waals surface area contributed by atoms with Crippen molar-refractivity contribution < 1.29 is 4.74 Å². The fraction of sp³-hybridized carbons (Fsp3) is 0.545. The van der Waals surface area contributed by atoms with E-state index in [0.717, 1.165) is 37.7 Å². The van der Waals surface area contributed by atoms with Gasteiger partial charge >= 0.3 is 0 Å². The van der Waals surface area contributed by atoms with Crippen LogP contribution in [0.25, 0.3) is 0 Å². The molecule has 0 aliphatic carbocycles. The van der Waals surface area contributed by atoms with Gasteiger partial charge in [-0.1, -0.05) is 6.07 Å². The van der Waals surface area contributed by atoms with Crippen molar-refractivity contribution in [1.82, 2.24) is 10.6 Å². The van der Waals surface area contributed by atoms with Gasteiger partial charge in [-0.15, -0.1) is 11.3 Å². The fourth-order valence-electron chi connectivity index (χ4n) is 1.23. The number of ether oxygens (including phenoxy) is 1. The van der Waals surface area contributed by atoms with Gasteiger partial charge in [-0.2, -0.15) is 0 Å². The molecule has 90 valence electrons. The maximum Gasteiger partial charge on any atom is 0.166 e. The number of thiophene rings is 1. The predicted molar refractivity (Wildman–Crippen MR) is 73.1 cm³/mol. The van der Waals surface area contributed by atoms with Crippen molar-refractivity contribution in [3.8, 4) is 0 Å². The molecule has 0 spiro atoms. The second-order valence-corrected chi connectivity index (χ2v) is 4.80. The van der Waals surface area contributed by atoms with Crippen LogP contribution >= 0.6 is 23.6 Å². The summed E-state index contributed by atoms with van der Waals surface area (Å²) in [5.41, 5.74) is 0. The highest BCUT2D eigenvalue weighted by Crippen LogP contribution is 2.07. The van der Waals surface area contributed by atoms with Gasteiger partial charge in [0.1, 0.15) is 0 Å². The highest BCUT2D eigenvalue weighted by atomic mass is 32.1. The van der Waals surface area contributed by atoms with Crippen LogP contribution in [-0.2, 0) is 11.2 Å². The van der Waals surface area contributed by atoms with E-state index >= 15 is 0 Å². The van der Waals surface area contributed by atoms with Crippen LogP contribution in [0.2, 0.25) is 0 Å². The number of hydrogen-bond donors (Lipinski definition) is 2. The van der Waals surface area contributed by atoms with Crippen LogP contribution in [-0.4, -0.2) is 31.9 Å². The summed E-state index contributed by atoms with van der Waals surface area (Å²) in [6.07, 6.45) is 2.00. The molecule has 3 nitrogen and oxygen atoms in total. The zero-order valence-corrected chi connectivity index (χ0v) is 11.1. The topological polar surface area (TPSA) is 33.3 Å². The summed E-state index contributed by atoms with van der Waals surface area (Å²) in [6, 6.07) is 4.21. The van der Waals surface area contributed by atoms with E-state index in [4.69, 9.17) is 17.0 Å². The Morgan fingerprint density at radius 3 is 2.94 bits per heavy atom. The Morgan fingerprint density at radius 1 is 1.44 bits per heavy atom. The zero-order chi connectivity index (χ0) is 11.6. The molecule has 16 heavy (non-hydrogen) atoms. The molecule has 0 radical (unpaired) electrons. The number of rotatable bonds is 7. The lowest BCUT2D eigenvalue weighted by atomic mass is 10.3. The summed E-state index contributed by atoms with van der Waals surface area (Å²) in [5, 5.41) is 9.15. The Morgan fingerprint density at radius 2 is 2.25 bits per heavy atom. The summed E-state index contributed by atoms with van der Waals surface area (Å²) in [5.74, 6) is 0. The van der Waals surface area contributed by atoms with Gasteiger partial charge in [0.15, 0.2) is 5.11 Å². The van der Waals surface area contributed by atoms with E-state index in [1.165, 1.54) is 4.88 Å². The van der Waals surface area contributed by atoms with Crippen LogP contribution in [0.15, 0.2) is 17.5 Å². The lowest BCUT2D eigenvalue weighted by molar-refractivity contribution is 0.195.